The van der Waals surface area contributed by atoms with E-state index in [-0.39, 0.29) is 12.1 Å². The summed E-state index contributed by atoms with van der Waals surface area (Å²) in [6, 6.07) is 2.81. The predicted octanol–water partition coefficient (Wildman–Crippen LogP) is 1.70. The summed E-state index contributed by atoms with van der Waals surface area (Å²) in [7, 11) is 0. The fraction of sp³-hybridized carbons (Fsp3) is 0.167. The predicted molar refractivity (Wildman–Crippen MR) is 67.5 cm³/mol. The summed E-state index contributed by atoms with van der Waals surface area (Å²) >= 11 is 0. The molecule has 0 spiro atoms. The zero-order valence-corrected chi connectivity index (χ0v) is 10.5. The van der Waals surface area contributed by atoms with Crippen LogP contribution in [-0.2, 0) is 6.54 Å². The summed E-state index contributed by atoms with van der Waals surface area (Å²) in [6.07, 6.45) is 1.55. The van der Waals surface area contributed by atoms with Crippen LogP contribution in [0.3, 0.4) is 0 Å². The van der Waals surface area contributed by atoms with E-state index in [1.165, 1.54) is 0 Å². The number of nitro groups is 1. The van der Waals surface area contributed by atoms with E-state index in [0.717, 1.165) is 29.5 Å². The number of nitrogens with one attached hydrogen (secondary N) is 2. The van der Waals surface area contributed by atoms with E-state index in [2.05, 4.69) is 15.5 Å². The highest BCUT2D eigenvalue weighted by molar-refractivity contribution is 5.98. The maximum absolute atomic E-state index is 13.0. The zero-order chi connectivity index (χ0) is 14.7. The maximum Gasteiger partial charge on any atom is 0.285 e. The highest BCUT2D eigenvalue weighted by Crippen LogP contribution is 2.19. The summed E-state index contributed by atoms with van der Waals surface area (Å²) < 4.78 is 13.0. The van der Waals surface area contributed by atoms with Crippen LogP contribution in [0.4, 0.5) is 10.1 Å². The van der Waals surface area contributed by atoms with Crippen molar-refractivity contribution >= 4 is 11.6 Å². The van der Waals surface area contributed by atoms with E-state index in [0.29, 0.717) is 0 Å². The van der Waals surface area contributed by atoms with Gasteiger partial charge in [0.25, 0.3) is 11.6 Å². The van der Waals surface area contributed by atoms with E-state index < -0.39 is 22.3 Å². The third-order valence-corrected chi connectivity index (χ3v) is 2.77. The number of H-pyrrole nitrogens is 1. The molecule has 0 saturated carbocycles. The van der Waals surface area contributed by atoms with Crippen LogP contribution in [0.2, 0.25) is 0 Å². The lowest BCUT2D eigenvalue weighted by atomic mass is 10.1. The molecule has 0 saturated heterocycles. The first-order valence-corrected chi connectivity index (χ1v) is 5.70. The summed E-state index contributed by atoms with van der Waals surface area (Å²) in [5.74, 6) is -1.41. The summed E-state index contributed by atoms with van der Waals surface area (Å²) in [5.41, 5.74) is 0.811. The second-order valence-electron chi connectivity index (χ2n) is 4.12. The molecule has 2 N–H and O–H groups in total. The van der Waals surface area contributed by atoms with Gasteiger partial charge in [-0.05, 0) is 19.1 Å². The van der Waals surface area contributed by atoms with Crippen LogP contribution in [0.15, 0.2) is 24.4 Å². The Bertz CT molecular complexity index is 668. The number of amides is 1. The Hall–Kier alpha value is -2.77. The molecular formula is C12H11FN4O3. The lowest BCUT2D eigenvalue weighted by molar-refractivity contribution is -0.385. The largest absolute Gasteiger partial charge is 0.348 e. The Kier molecular flexibility index (Phi) is 3.74. The van der Waals surface area contributed by atoms with Crippen molar-refractivity contribution in [2.75, 3.05) is 0 Å². The SMILES string of the molecule is Cc1[nH]ncc1CNC(=O)c1ccc(F)cc1[N+](=O)[O-]. The van der Waals surface area contributed by atoms with Gasteiger partial charge in [-0.1, -0.05) is 0 Å². The fourth-order valence-corrected chi connectivity index (χ4v) is 1.67. The fourth-order valence-electron chi connectivity index (χ4n) is 1.67. The van der Waals surface area contributed by atoms with E-state index in [4.69, 9.17) is 0 Å². The number of carbonyl (C=O) groups excluding carboxylic acids is 1. The van der Waals surface area contributed by atoms with Crippen LogP contribution in [0, 0.1) is 22.9 Å². The molecule has 0 aliphatic heterocycles. The number of nitro benzene ring substituents is 1. The molecule has 0 aliphatic rings. The van der Waals surface area contributed by atoms with Crippen molar-refractivity contribution in [1.29, 1.82) is 0 Å². The number of aromatic nitrogens is 2. The first kappa shape index (κ1) is 13.7. The minimum Gasteiger partial charge on any atom is -0.348 e. The van der Waals surface area contributed by atoms with Crippen LogP contribution >= 0.6 is 0 Å². The molecule has 1 aromatic heterocycles. The molecule has 20 heavy (non-hydrogen) atoms. The molecule has 0 bridgehead atoms. The van der Waals surface area contributed by atoms with Crippen molar-refractivity contribution in [3.63, 3.8) is 0 Å². The van der Waals surface area contributed by atoms with Gasteiger partial charge < -0.3 is 5.32 Å². The molecule has 2 rings (SSSR count). The standard InChI is InChI=1S/C12H11FN4O3/c1-7-8(6-15-16-7)5-14-12(18)10-3-2-9(13)4-11(10)17(19)20/h2-4,6H,5H2,1H3,(H,14,18)(H,15,16). The summed E-state index contributed by atoms with van der Waals surface area (Å²) in [6.45, 7) is 1.96. The smallest absolute Gasteiger partial charge is 0.285 e. The first-order chi connectivity index (χ1) is 9.49. The highest BCUT2D eigenvalue weighted by atomic mass is 19.1. The minimum atomic E-state index is -0.791. The number of halogens is 1. The van der Waals surface area contributed by atoms with Crippen LogP contribution in [0.5, 0.6) is 0 Å². The minimum absolute atomic E-state index is 0.176. The van der Waals surface area contributed by atoms with Crippen molar-refractivity contribution < 1.29 is 14.1 Å². The van der Waals surface area contributed by atoms with Gasteiger partial charge in [0.2, 0.25) is 0 Å². The molecule has 8 heteroatoms. The molecule has 104 valence electrons. The van der Waals surface area contributed by atoms with Gasteiger partial charge in [-0.15, -0.1) is 0 Å². The lowest BCUT2D eigenvalue weighted by Crippen LogP contribution is -2.23. The highest BCUT2D eigenvalue weighted by Gasteiger charge is 2.20. The van der Waals surface area contributed by atoms with Gasteiger partial charge in [-0.2, -0.15) is 5.10 Å². The first-order valence-electron chi connectivity index (χ1n) is 5.70. The summed E-state index contributed by atoms with van der Waals surface area (Å²) in [4.78, 5) is 21.9. The van der Waals surface area contributed by atoms with E-state index in [1.54, 1.807) is 13.1 Å². The Balaban J connectivity index is 2.17. The molecule has 1 amide bonds. The number of carbonyl (C=O) groups is 1. The molecule has 0 unspecified atom stereocenters. The van der Waals surface area contributed by atoms with Crippen LogP contribution in [0.25, 0.3) is 0 Å². The van der Waals surface area contributed by atoms with Gasteiger partial charge in [0.1, 0.15) is 11.4 Å². The topological polar surface area (TPSA) is 101 Å². The van der Waals surface area contributed by atoms with E-state index in [9.17, 15) is 19.3 Å². The number of rotatable bonds is 4. The molecule has 7 nitrogen and oxygen atoms in total. The van der Waals surface area contributed by atoms with Gasteiger partial charge in [0, 0.05) is 17.8 Å². The number of hydrogen-bond acceptors (Lipinski definition) is 4. The Morgan fingerprint density at radius 1 is 1.55 bits per heavy atom. The maximum atomic E-state index is 13.0. The Morgan fingerprint density at radius 3 is 2.90 bits per heavy atom. The Morgan fingerprint density at radius 2 is 2.30 bits per heavy atom. The van der Waals surface area contributed by atoms with Crippen molar-refractivity contribution in [1.82, 2.24) is 15.5 Å². The second kappa shape index (κ2) is 5.47. The molecule has 0 aliphatic carbocycles. The van der Waals surface area contributed by atoms with Crippen LogP contribution in [0.1, 0.15) is 21.6 Å². The number of aromatic amines is 1. The van der Waals surface area contributed by atoms with Crippen LogP contribution < -0.4 is 5.32 Å². The lowest BCUT2D eigenvalue weighted by Gasteiger charge is -2.05. The second-order valence-corrected chi connectivity index (χ2v) is 4.12. The molecule has 1 aromatic carbocycles. The summed E-state index contributed by atoms with van der Waals surface area (Å²) in [5, 5.41) is 19.8. The van der Waals surface area contributed by atoms with E-state index in [1.807, 2.05) is 0 Å². The Labute approximate surface area is 113 Å². The average Bonchev–Trinajstić information content (AvgIpc) is 2.81. The average molecular weight is 278 g/mol. The normalized spacial score (nSPS) is 10.3. The van der Waals surface area contributed by atoms with E-state index >= 15 is 0 Å². The number of aryl methyl sites for hydroxylation is 1. The van der Waals surface area contributed by atoms with Gasteiger partial charge in [0.15, 0.2) is 0 Å². The van der Waals surface area contributed by atoms with Gasteiger partial charge in [-0.3, -0.25) is 20.0 Å². The van der Waals surface area contributed by atoms with Crippen molar-refractivity contribution in [3.8, 4) is 0 Å². The molecule has 0 fully saturated rings. The number of hydrogen-bond donors (Lipinski definition) is 2. The monoisotopic (exact) mass is 278 g/mol. The van der Waals surface area contributed by atoms with Crippen molar-refractivity contribution in [2.45, 2.75) is 13.5 Å². The molecule has 1 heterocycles. The molecular weight excluding hydrogens is 267 g/mol. The van der Waals surface area contributed by atoms with Crippen molar-refractivity contribution in [3.05, 3.63) is 57.1 Å². The zero-order valence-electron chi connectivity index (χ0n) is 10.5. The third kappa shape index (κ3) is 2.79. The number of nitrogens with zero attached hydrogens (tertiary/aromatic N) is 2. The molecule has 2 aromatic rings. The number of benzene rings is 1. The third-order valence-electron chi connectivity index (χ3n) is 2.77. The van der Waals surface area contributed by atoms with Crippen molar-refractivity contribution in [2.24, 2.45) is 0 Å². The van der Waals surface area contributed by atoms with Gasteiger partial charge in [-0.25, -0.2) is 4.39 Å². The quantitative estimate of drug-likeness (QED) is 0.656. The van der Waals surface area contributed by atoms with Gasteiger partial charge in [0.05, 0.1) is 17.2 Å². The van der Waals surface area contributed by atoms with Crippen LogP contribution in [-0.4, -0.2) is 21.0 Å². The molecule has 0 atom stereocenters. The molecule has 0 radical (unpaired) electrons. The van der Waals surface area contributed by atoms with Gasteiger partial charge >= 0.3 is 0 Å².